The van der Waals surface area contributed by atoms with Crippen molar-refractivity contribution < 1.29 is 22.4 Å². The van der Waals surface area contributed by atoms with Crippen LogP contribution in [0, 0.1) is 5.82 Å². The quantitative estimate of drug-likeness (QED) is 0.728. The molecule has 150 valence electrons. The lowest BCUT2D eigenvalue weighted by Gasteiger charge is -2.25. The number of fused-ring (bicyclic) bond motifs is 1. The van der Waals surface area contributed by atoms with E-state index in [1.807, 2.05) is 0 Å². The Labute approximate surface area is 160 Å². The minimum atomic E-state index is -4.52. The van der Waals surface area contributed by atoms with Gasteiger partial charge in [0.25, 0.3) is 0 Å². The van der Waals surface area contributed by atoms with Gasteiger partial charge in [0, 0.05) is 17.8 Å². The topological polar surface area (TPSA) is 38.1 Å². The molecular formula is C20H21F4N3O. The number of aromatic nitrogens is 2. The first-order valence-electron chi connectivity index (χ1n) is 9.55. The van der Waals surface area contributed by atoms with Gasteiger partial charge in [-0.25, -0.2) is 4.39 Å². The molecule has 1 aromatic carbocycles. The van der Waals surface area contributed by atoms with Crippen molar-refractivity contribution in [3.05, 3.63) is 52.6 Å². The van der Waals surface area contributed by atoms with Gasteiger partial charge in [0.1, 0.15) is 12.4 Å². The summed E-state index contributed by atoms with van der Waals surface area (Å²) in [4.78, 5) is 14.6. The first-order chi connectivity index (χ1) is 13.3. The molecule has 1 aliphatic carbocycles. The molecule has 0 N–H and O–H groups in total. The molecule has 1 aliphatic heterocycles. The fourth-order valence-corrected chi connectivity index (χ4v) is 4.37. The number of hydrogen-bond donors (Lipinski definition) is 0. The van der Waals surface area contributed by atoms with E-state index in [0.29, 0.717) is 43.5 Å². The third-order valence-electron chi connectivity index (χ3n) is 5.62. The molecule has 4 nitrogen and oxygen atoms in total. The predicted molar refractivity (Wildman–Crippen MR) is 94.0 cm³/mol. The zero-order valence-electron chi connectivity index (χ0n) is 15.3. The van der Waals surface area contributed by atoms with Crippen LogP contribution in [0.5, 0.6) is 0 Å². The summed E-state index contributed by atoms with van der Waals surface area (Å²) in [5, 5.41) is 3.77. The molecule has 0 unspecified atom stereocenters. The summed E-state index contributed by atoms with van der Waals surface area (Å²) < 4.78 is 54.8. The minimum absolute atomic E-state index is 0.218. The van der Waals surface area contributed by atoms with Gasteiger partial charge in [-0.2, -0.15) is 18.3 Å². The van der Waals surface area contributed by atoms with Crippen molar-refractivity contribution in [2.24, 2.45) is 0 Å². The van der Waals surface area contributed by atoms with Crippen molar-refractivity contribution in [2.75, 3.05) is 6.54 Å². The molecule has 2 aliphatic rings. The van der Waals surface area contributed by atoms with Crippen molar-refractivity contribution in [1.29, 1.82) is 0 Å². The lowest BCUT2D eigenvalue weighted by molar-refractivity contribution is -0.142. The molecule has 0 bridgehead atoms. The van der Waals surface area contributed by atoms with Crippen LogP contribution in [-0.4, -0.2) is 27.1 Å². The van der Waals surface area contributed by atoms with E-state index in [1.165, 1.54) is 16.8 Å². The molecule has 0 spiro atoms. The van der Waals surface area contributed by atoms with Gasteiger partial charge in [-0.1, -0.05) is 12.1 Å². The Balaban J connectivity index is 1.59. The molecule has 0 saturated carbocycles. The SMILES string of the molecule is O=C(Cn1nc(C(F)(F)F)c2c1CCCC2)N1CCC[C@H]1c1cccc(F)c1. The van der Waals surface area contributed by atoms with E-state index in [9.17, 15) is 22.4 Å². The number of rotatable bonds is 3. The van der Waals surface area contributed by atoms with Crippen molar-refractivity contribution >= 4 is 5.91 Å². The summed E-state index contributed by atoms with van der Waals surface area (Å²) in [5.74, 6) is -0.649. The summed E-state index contributed by atoms with van der Waals surface area (Å²) in [5.41, 5.74) is 0.602. The summed E-state index contributed by atoms with van der Waals surface area (Å²) in [6.07, 6.45) is -0.706. The number of amides is 1. The van der Waals surface area contributed by atoms with Crippen molar-refractivity contribution in [1.82, 2.24) is 14.7 Å². The number of carbonyl (C=O) groups excluding carboxylic acids is 1. The van der Waals surface area contributed by atoms with Gasteiger partial charge in [-0.05, 0) is 56.2 Å². The van der Waals surface area contributed by atoms with Crippen molar-refractivity contribution in [3.8, 4) is 0 Å². The highest BCUT2D eigenvalue weighted by Crippen LogP contribution is 2.36. The molecule has 1 saturated heterocycles. The van der Waals surface area contributed by atoms with E-state index in [1.54, 1.807) is 17.0 Å². The maximum Gasteiger partial charge on any atom is 0.435 e. The second-order valence-corrected chi connectivity index (χ2v) is 7.44. The van der Waals surface area contributed by atoms with Crippen LogP contribution in [0.4, 0.5) is 17.6 Å². The largest absolute Gasteiger partial charge is 0.435 e. The lowest BCUT2D eigenvalue weighted by atomic mass is 9.95. The summed E-state index contributed by atoms with van der Waals surface area (Å²) in [7, 11) is 0. The van der Waals surface area contributed by atoms with Gasteiger partial charge in [0.15, 0.2) is 5.69 Å². The molecule has 28 heavy (non-hydrogen) atoms. The average molecular weight is 395 g/mol. The highest BCUT2D eigenvalue weighted by molar-refractivity contribution is 5.77. The first kappa shape index (κ1) is 19.0. The van der Waals surface area contributed by atoms with Gasteiger partial charge in [-0.3, -0.25) is 9.48 Å². The van der Waals surface area contributed by atoms with Crippen LogP contribution in [0.1, 0.15) is 54.2 Å². The highest BCUT2D eigenvalue weighted by Gasteiger charge is 2.40. The fourth-order valence-electron chi connectivity index (χ4n) is 4.37. The number of alkyl halides is 3. The van der Waals surface area contributed by atoms with Crippen LogP contribution in [0.25, 0.3) is 0 Å². The summed E-state index contributed by atoms with van der Waals surface area (Å²) in [6.45, 7) is 0.291. The van der Waals surface area contributed by atoms with Crippen LogP contribution in [0.15, 0.2) is 24.3 Å². The van der Waals surface area contributed by atoms with Crippen LogP contribution in [0.2, 0.25) is 0 Å². The van der Waals surface area contributed by atoms with Crippen LogP contribution < -0.4 is 0 Å². The minimum Gasteiger partial charge on any atom is -0.334 e. The number of nitrogens with zero attached hydrogens (tertiary/aromatic N) is 3. The van der Waals surface area contributed by atoms with Crippen LogP contribution >= 0.6 is 0 Å². The zero-order valence-corrected chi connectivity index (χ0v) is 15.3. The van der Waals surface area contributed by atoms with Crippen molar-refractivity contribution in [2.45, 2.75) is 57.3 Å². The van der Waals surface area contributed by atoms with Crippen LogP contribution in [-0.2, 0) is 30.4 Å². The van der Waals surface area contributed by atoms with E-state index >= 15 is 0 Å². The number of carbonyl (C=O) groups is 1. The van der Waals surface area contributed by atoms with Crippen LogP contribution in [0.3, 0.4) is 0 Å². The molecule has 4 rings (SSSR count). The molecule has 2 aromatic rings. The predicted octanol–water partition coefficient (Wildman–Crippen LogP) is 4.28. The molecule has 2 heterocycles. The first-order valence-corrected chi connectivity index (χ1v) is 9.55. The van der Waals surface area contributed by atoms with E-state index in [-0.39, 0.29) is 29.9 Å². The molecule has 1 amide bonds. The Morgan fingerprint density at radius 2 is 1.96 bits per heavy atom. The molecular weight excluding hydrogens is 374 g/mol. The third-order valence-corrected chi connectivity index (χ3v) is 5.62. The zero-order chi connectivity index (χ0) is 19.9. The Bertz CT molecular complexity index is 890. The monoisotopic (exact) mass is 395 g/mol. The molecule has 1 aromatic heterocycles. The second kappa shape index (κ2) is 7.22. The maximum atomic E-state index is 13.6. The van der Waals surface area contributed by atoms with Gasteiger partial charge in [-0.15, -0.1) is 0 Å². The summed E-state index contributed by atoms with van der Waals surface area (Å²) >= 11 is 0. The maximum absolute atomic E-state index is 13.6. The fraction of sp³-hybridized carbons (Fsp3) is 0.500. The van der Waals surface area contributed by atoms with E-state index in [4.69, 9.17) is 0 Å². The number of hydrogen-bond acceptors (Lipinski definition) is 2. The van der Waals surface area contributed by atoms with Gasteiger partial charge in [0.2, 0.25) is 5.91 Å². The molecule has 1 fully saturated rings. The Kier molecular flexibility index (Phi) is 4.89. The average Bonchev–Trinajstić information content (AvgIpc) is 3.27. The highest BCUT2D eigenvalue weighted by atomic mass is 19.4. The summed E-state index contributed by atoms with van der Waals surface area (Å²) in [6, 6.07) is 5.88. The molecule has 8 heteroatoms. The normalized spacial score (nSPS) is 19.7. The molecule has 1 atom stereocenters. The van der Waals surface area contributed by atoms with E-state index < -0.39 is 11.9 Å². The van der Waals surface area contributed by atoms with Gasteiger partial charge in [0.05, 0.1) is 6.04 Å². The Morgan fingerprint density at radius 1 is 1.18 bits per heavy atom. The number of halogens is 4. The number of likely N-dealkylation sites (tertiary alicyclic amines) is 1. The van der Waals surface area contributed by atoms with Gasteiger partial charge < -0.3 is 4.90 Å². The lowest BCUT2D eigenvalue weighted by Crippen LogP contribution is -2.34. The Morgan fingerprint density at radius 3 is 2.71 bits per heavy atom. The Hall–Kier alpha value is -2.38. The smallest absolute Gasteiger partial charge is 0.334 e. The van der Waals surface area contributed by atoms with E-state index in [0.717, 1.165) is 12.8 Å². The molecule has 0 radical (unpaired) electrons. The second-order valence-electron chi connectivity index (χ2n) is 7.44. The third kappa shape index (κ3) is 3.52. The van der Waals surface area contributed by atoms with Crippen molar-refractivity contribution in [3.63, 3.8) is 0 Å². The number of benzene rings is 1. The van der Waals surface area contributed by atoms with E-state index in [2.05, 4.69) is 5.10 Å². The van der Waals surface area contributed by atoms with Gasteiger partial charge >= 0.3 is 6.18 Å². The standard InChI is InChI=1S/C20H21F4N3O/c21-14-6-3-5-13(11-14)16-9-4-10-26(16)18(28)12-27-17-8-2-1-7-15(17)19(25-27)20(22,23)24/h3,5-6,11,16H,1-2,4,7-10,12H2/t16-/m0/s1.